The molecule has 2 saturated heterocycles. The largest absolute Gasteiger partial charge is 0.378 e. The Hall–Kier alpha value is -1.95. The van der Waals surface area contributed by atoms with Crippen LogP contribution in [-0.4, -0.2) is 55.0 Å². The predicted octanol–water partition coefficient (Wildman–Crippen LogP) is 1.59. The first kappa shape index (κ1) is 15.9. The van der Waals surface area contributed by atoms with Gasteiger partial charge < -0.3 is 14.5 Å². The van der Waals surface area contributed by atoms with Crippen molar-refractivity contribution in [3.63, 3.8) is 0 Å². The number of halogens is 1. The Balaban J connectivity index is 1.87. The molecule has 2 atom stereocenters. The van der Waals surface area contributed by atoms with E-state index in [1.807, 2.05) is 4.90 Å². The van der Waals surface area contributed by atoms with Crippen molar-refractivity contribution >= 4 is 11.8 Å². The maximum atomic E-state index is 13.2. The van der Waals surface area contributed by atoms with E-state index in [2.05, 4.69) is 0 Å². The van der Waals surface area contributed by atoms with E-state index in [9.17, 15) is 14.0 Å². The Morgan fingerprint density at radius 1 is 1.22 bits per heavy atom. The van der Waals surface area contributed by atoms with Crippen molar-refractivity contribution in [1.82, 2.24) is 9.80 Å². The fraction of sp³-hybridized carbons (Fsp3) is 0.529. The first-order valence-electron chi connectivity index (χ1n) is 7.95. The van der Waals surface area contributed by atoms with Gasteiger partial charge in [0.25, 0.3) is 0 Å². The molecule has 2 fully saturated rings. The minimum absolute atomic E-state index is 0.0188. The van der Waals surface area contributed by atoms with E-state index in [1.165, 1.54) is 12.1 Å². The zero-order valence-electron chi connectivity index (χ0n) is 13.2. The van der Waals surface area contributed by atoms with E-state index in [0.717, 1.165) is 5.56 Å². The first-order chi connectivity index (χ1) is 11.1. The van der Waals surface area contributed by atoms with Crippen LogP contribution in [0, 0.1) is 11.7 Å². The average Bonchev–Trinajstić information content (AvgIpc) is 2.58. The first-order valence-corrected chi connectivity index (χ1v) is 7.95. The molecule has 3 rings (SSSR count). The lowest BCUT2D eigenvalue weighted by molar-refractivity contribution is -0.149. The zero-order valence-corrected chi connectivity index (χ0v) is 13.2. The van der Waals surface area contributed by atoms with Gasteiger partial charge in [0.05, 0.1) is 25.2 Å². The van der Waals surface area contributed by atoms with Crippen molar-refractivity contribution in [2.45, 2.75) is 18.9 Å². The molecular formula is C17H21FN2O3. The van der Waals surface area contributed by atoms with Crippen LogP contribution in [0.4, 0.5) is 4.39 Å². The number of benzene rings is 1. The van der Waals surface area contributed by atoms with Crippen LogP contribution in [0.5, 0.6) is 0 Å². The molecule has 2 unspecified atom stereocenters. The Morgan fingerprint density at radius 3 is 2.52 bits per heavy atom. The molecule has 2 aliphatic heterocycles. The molecule has 124 valence electrons. The molecule has 0 aromatic heterocycles. The van der Waals surface area contributed by atoms with Crippen molar-refractivity contribution in [3.8, 4) is 0 Å². The number of carbonyl (C=O) groups excluding carboxylic acids is 2. The van der Waals surface area contributed by atoms with Crippen LogP contribution in [0.2, 0.25) is 0 Å². The van der Waals surface area contributed by atoms with Crippen molar-refractivity contribution < 1.29 is 18.7 Å². The third-order valence-corrected chi connectivity index (χ3v) is 4.71. The molecule has 1 aromatic carbocycles. The zero-order chi connectivity index (χ0) is 16.4. The highest BCUT2D eigenvalue weighted by molar-refractivity contribution is 5.85. The Morgan fingerprint density at radius 2 is 1.87 bits per heavy atom. The van der Waals surface area contributed by atoms with Gasteiger partial charge in [0, 0.05) is 26.6 Å². The van der Waals surface area contributed by atoms with Gasteiger partial charge in [-0.25, -0.2) is 4.39 Å². The number of rotatable bonds is 2. The number of likely N-dealkylation sites (tertiary alicyclic amines) is 1. The van der Waals surface area contributed by atoms with E-state index < -0.39 is 0 Å². The Labute approximate surface area is 135 Å². The van der Waals surface area contributed by atoms with Gasteiger partial charge in [-0.2, -0.15) is 0 Å². The van der Waals surface area contributed by atoms with Gasteiger partial charge in [-0.15, -0.1) is 0 Å². The summed E-state index contributed by atoms with van der Waals surface area (Å²) in [5.74, 6) is -0.539. The number of hydrogen-bond acceptors (Lipinski definition) is 3. The molecular weight excluding hydrogens is 299 g/mol. The van der Waals surface area contributed by atoms with Gasteiger partial charge in [-0.05, 0) is 24.1 Å². The molecule has 1 aromatic rings. The average molecular weight is 320 g/mol. The van der Waals surface area contributed by atoms with Crippen LogP contribution < -0.4 is 0 Å². The molecule has 0 radical (unpaired) electrons. The van der Waals surface area contributed by atoms with Gasteiger partial charge in [0.15, 0.2) is 0 Å². The molecule has 0 bridgehead atoms. The Bertz CT molecular complexity index is 584. The number of piperidine rings is 1. The van der Waals surface area contributed by atoms with Crippen LogP contribution in [0.3, 0.4) is 0 Å². The summed E-state index contributed by atoms with van der Waals surface area (Å²) in [7, 11) is 1.72. The normalized spacial score (nSPS) is 25.6. The van der Waals surface area contributed by atoms with Crippen LogP contribution >= 0.6 is 0 Å². The minimum atomic E-state index is -0.341. The standard InChI is InChI=1S/C17H21FN2O3/c1-19-15(21)7-6-14(17(22)20-8-10-23-11-9-20)16(19)12-2-4-13(18)5-3-12/h2-5,14,16H,6-11H2,1H3. The van der Waals surface area contributed by atoms with Crippen molar-refractivity contribution in [2.75, 3.05) is 33.4 Å². The molecule has 0 N–H and O–H groups in total. The molecule has 0 aliphatic carbocycles. The number of carbonyl (C=O) groups is 2. The van der Waals surface area contributed by atoms with Gasteiger partial charge in [0.2, 0.25) is 11.8 Å². The molecule has 5 nitrogen and oxygen atoms in total. The molecule has 0 spiro atoms. The monoisotopic (exact) mass is 320 g/mol. The Kier molecular flexibility index (Phi) is 4.61. The third-order valence-electron chi connectivity index (χ3n) is 4.71. The summed E-state index contributed by atoms with van der Waals surface area (Å²) in [5.41, 5.74) is 0.800. The van der Waals surface area contributed by atoms with E-state index in [4.69, 9.17) is 4.74 Å². The van der Waals surface area contributed by atoms with Crippen LogP contribution in [-0.2, 0) is 14.3 Å². The number of hydrogen-bond donors (Lipinski definition) is 0. The fourth-order valence-corrected chi connectivity index (χ4v) is 3.43. The molecule has 23 heavy (non-hydrogen) atoms. The summed E-state index contributed by atoms with van der Waals surface area (Å²) in [6, 6.07) is 5.73. The quantitative estimate of drug-likeness (QED) is 0.831. The number of amides is 2. The highest BCUT2D eigenvalue weighted by atomic mass is 19.1. The van der Waals surface area contributed by atoms with Crippen molar-refractivity contribution in [2.24, 2.45) is 5.92 Å². The van der Waals surface area contributed by atoms with Crippen LogP contribution in [0.25, 0.3) is 0 Å². The second kappa shape index (κ2) is 6.66. The van der Waals surface area contributed by atoms with E-state index >= 15 is 0 Å². The maximum absolute atomic E-state index is 13.2. The number of nitrogens with zero attached hydrogens (tertiary/aromatic N) is 2. The molecule has 6 heteroatoms. The molecule has 0 saturated carbocycles. The summed E-state index contributed by atoms with van der Waals surface area (Å²) >= 11 is 0. The summed E-state index contributed by atoms with van der Waals surface area (Å²) < 4.78 is 18.5. The summed E-state index contributed by atoms with van der Waals surface area (Å²) in [6.45, 7) is 2.27. The third kappa shape index (κ3) is 3.22. The molecule has 2 aliphatic rings. The number of morpholine rings is 1. The van der Waals surface area contributed by atoms with Crippen molar-refractivity contribution in [3.05, 3.63) is 35.6 Å². The fourth-order valence-electron chi connectivity index (χ4n) is 3.43. The maximum Gasteiger partial charge on any atom is 0.228 e. The molecule has 2 heterocycles. The highest BCUT2D eigenvalue weighted by Crippen LogP contribution is 2.37. The lowest BCUT2D eigenvalue weighted by Crippen LogP contribution is -2.50. The van der Waals surface area contributed by atoms with E-state index in [-0.39, 0.29) is 29.6 Å². The minimum Gasteiger partial charge on any atom is -0.378 e. The van der Waals surface area contributed by atoms with Gasteiger partial charge in [-0.3, -0.25) is 9.59 Å². The predicted molar refractivity (Wildman–Crippen MR) is 82.0 cm³/mol. The molecule has 2 amide bonds. The second-order valence-corrected chi connectivity index (χ2v) is 6.08. The van der Waals surface area contributed by atoms with Crippen LogP contribution in [0.15, 0.2) is 24.3 Å². The SMILES string of the molecule is CN1C(=O)CCC(C(=O)N2CCOCC2)C1c1ccc(F)cc1. The summed E-state index contributed by atoms with van der Waals surface area (Å²) in [6.07, 6.45) is 0.899. The van der Waals surface area contributed by atoms with Gasteiger partial charge in [-0.1, -0.05) is 12.1 Å². The summed E-state index contributed by atoms with van der Waals surface area (Å²) in [4.78, 5) is 28.4. The van der Waals surface area contributed by atoms with Crippen molar-refractivity contribution in [1.29, 1.82) is 0 Å². The van der Waals surface area contributed by atoms with Gasteiger partial charge in [0.1, 0.15) is 5.82 Å². The lowest BCUT2D eigenvalue weighted by Gasteiger charge is -2.41. The summed E-state index contributed by atoms with van der Waals surface area (Å²) in [5, 5.41) is 0. The lowest BCUT2D eigenvalue weighted by atomic mass is 9.83. The van der Waals surface area contributed by atoms with Gasteiger partial charge >= 0.3 is 0 Å². The smallest absolute Gasteiger partial charge is 0.228 e. The topological polar surface area (TPSA) is 49.9 Å². The van der Waals surface area contributed by atoms with E-state index in [0.29, 0.717) is 39.1 Å². The van der Waals surface area contributed by atoms with E-state index in [1.54, 1.807) is 24.1 Å². The highest BCUT2D eigenvalue weighted by Gasteiger charge is 2.40. The number of ether oxygens (including phenoxy) is 1. The van der Waals surface area contributed by atoms with Crippen LogP contribution in [0.1, 0.15) is 24.4 Å². The second-order valence-electron chi connectivity index (χ2n) is 6.08.